The third-order valence-electron chi connectivity index (χ3n) is 6.74. The normalized spacial score (nSPS) is 19.9. The second-order valence-corrected chi connectivity index (χ2v) is 11.2. The van der Waals surface area contributed by atoms with Gasteiger partial charge in [0.25, 0.3) is 5.78 Å². The molecule has 0 radical (unpaired) electrons. The molecule has 1 saturated heterocycles. The average Bonchev–Trinajstić information content (AvgIpc) is 3.57. The summed E-state index contributed by atoms with van der Waals surface area (Å²) in [6.07, 6.45) is 0.692. The van der Waals surface area contributed by atoms with Crippen LogP contribution in [0, 0.1) is 0 Å². The van der Waals surface area contributed by atoms with Gasteiger partial charge in [-0.05, 0) is 73.5 Å². The molecule has 2 aliphatic heterocycles. The summed E-state index contributed by atoms with van der Waals surface area (Å²) in [4.78, 5) is 33.1. The van der Waals surface area contributed by atoms with Crippen molar-refractivity contribution in [2.24, 2.45) is 0 Å². The number of aromatic nitrogens is 1. The van der Waals surface area contributed by atoms with Crippen LogP contribution in [0.3, 0.4) is 0 Å². The number of anilines is 1. The first-order chi connectivity index (χ1) is 18.7. The van der Waals surface area contributed by atoms with Crippen LogP contribution in [0.25, 0.3) is 16.0 Å². The maximum absolute atomic E-state index is 13.6. The number of nitrogens with zero attached hydrogens (tertiary/aromatic N) is 2. The predicted molar refractivity (Wildman–Crippen MR) is 152 cm³/mol. The number of carbonyl (C=O) groups is 2. The molecule has 7 nitrogen and oxygen atoms in total. The summed E-state index contributed by atoms with van der Waals surface area (Å²) in [5.74, 6) is -0.480. The maximum atomic E-state index is 13.6. The summed E-state index contributed by atoms with van der Waals surface area (Å²) in [6, 6.07) is 14.6. The van der Waals surface area contributed by atoms with Gasteiger partial charge in [0.2, 0.25) is 0 Å². The van der Waals surface area contributed by atoms with E-state index in [1.807, 2.05) is 19.9 Å². The van der Waals surface area contributed by atoms with Crippen molar-refractivity contribution < 1.29 is 24.2 Å². The molecule has 1 amide bonds. The molecule has 10 heteroatoms. The van der Waals surface area contributed by atoms with Crippen LogP contribution in [0.1, 0.15) is 36.6 Å². The second kappa shape index (κ2) is 9.86. The summed E-state index contributed by atoms with van der Waals surface area (Å²) >= 11 is 13.8. The van der Waals surface area contributed by atoms with Gasteiger partial charge >= 0.3 is 5.91 Å². The first kappa shape index (κ1) is 25.7. The van der Waals surface area contributed by atoms with E-state index < -0.39 is 17.7 Å². The van der Waals surface area contributed by atoms with Crippen LogP contribution in [-0.2, 0) is 16.0 Å². The Hall–Kier alpha value is -3.59. The smallest absolute Gasteiger partial charge is 0.301 e. The lowest BCUT2D eigenvalue weighted by atomic mass is 9.94. The summed E-state index contributed by atoms with van der Waals surface area (Å²) < 4.78 is 12.2. The van der Waals surface area contributed by atoms with Crippen LogP contribution >= 0.6 is 34.5 Å². The quantitative estimate of drug-likeness (QED) is 0.156. The van der Waals surface area contributed by atoms with E-state index in [1.54, 1.807) is 48.5 Å². The average molecular weight is 581 g/mol. The molecule has 1 aromatic heterocycles. The molecule has 6 rings (SSSR count). The van der Waals surface area contributed by atoms with Crippen molar-refractivity contribution in [3.63, 3.8) is 0 Å². The van der Waals surface area contributed by atoms with E-state index >= 15 is 0 Å². The number of aliphatic hydroxyl groups is 1. The second-order valence-electron chi connectivity index (χ2n) is 9.36. The number of hydrogen-bond donors (Lipinski definition) is 1. The molecule has 2 atom stereocenters. The van der Waals surface area contributed by atoms with Crippen molar-refractivity contribution in [3.8, 4) is 11.5 Å². The van der Waals surface area contributed by atoms with Crippen molar-refractivity contribution in [2.45, 2.75) is 32.4 Å². The van der Waals surface area contributed by atoms with Crippen LogP contribution in [0.2, 0.25) is 10.0 Å². The molecule has 3 heterocycles. The van der Waals surface area contributed by atoms with E-state index in [0.717, 1.165) is 16.0 Å². The monoisotopic (exact) mass is 580 g/mol. The van der Waals surface area contributed by atoms with Crippen LogP contribution in [0.15, 0.2) is 60.2 Å². The van der Waals surface area contributed by atoms with E-state index in [0.29, 0.717) is 45.6 Å². The minimum Gasteiger partial charge on any atom is -0.507 e. The highest BCUT2D eigenvalue weighted by Gasteiger charge is 2.48. The highest BCUT2D eigenvalue weighted by molar-refractivity contribution is 7.22. The highest BCUT2D eigenvalue weighted by Crippen LogP contribution is 2.46. The summed E-state index contributed by atoms with van der Waals surface area (Å²) in [6.45, 7) is 4.37. The zero-order valence-electron chi connectivity index (χ0n) is 20.9. The van der Waals surface area contributed by atoms with E-state index in [4.69, 9.17) is 32.7 Å². The lowest BCUT2D eigenvalue weighted by Crippen LogP contribution is -2.29. The standard InChI is InChI=1S/C29H22Cl2N2O5S/c1-3-37-18-6-8-21-23(13-18)39-29(32-21)33-25(15-4-7-19(30)20(31)12-15)24(27(35)28(33)36)26(34)16-5-9-22-17(11-16)10-14(2)38-22/h4-9,11-14,25,34H,3,10H2,1-2H3/b26-24+/t14-,25-/m0/s1. The molecule has 1 N–H and O–H groups in total. The minimum absolute atomic E-state index is 0.0152. The van der Waals surface area contributed by atoms with Gasteiger partial charge in [0.1, 0.15) is 23.4 Å². The first-order valence-corrected chi connectivity index (χ1v) is 13.9. The van der Waals surface area contributed by atoms with Crippen LogP contribution in [-0.4, -0.2) is 34.5 Å². The maximum Gasteiger partial charge on any atom is 0.301 e. The predicted octanol–water partition coefficient (Wildman–Crippen LogP) is 6.95. The molecule has 1 fully saturated rings. The van der Waals surface area contributed by atoms with Gasteiger partial charge < -0.3 is 14.6 Å². The third-order valence-corrected chi connectivity index (χ3v) is 8.50. The summed E-state index contributed by atoms with van der Waals surface area (Å²) in [5, 5.41) is 12.4. The van der Waals surface area contributed by atoms with Crippen molar-refractivity contribution in [3.05, 3.63) is 86.9 Å². The molecule has 0 unspecified atom stereocenters. The number of hydrogen-bond acceptors (Lipinski definition) is 7. The molecule has 0 spiro atoms. The van der Waals surface area contributed by atoms with E-state index in [9.17, 15) is 14.7 Å². The van der Waals surface area contributed by atoms with Gasteiger partial charge in [-0.2, -0.15) is 0 Å². The number of fused-ring (bicyclic) bond motifs is 2. The van der Waals surface area contributed by atoms with Gasteiger partial charge in [-0.25, -0.2) is 4.98 Å². The fourth-order valence-electron chi connectivity index (χ4n) is 5.00. The van der Waals surface area contributed by atoms with E-state index in [-0.39, 0.29) is 22.5 Å². The topological polar surface area (TPSA) is 89.0 Å². The van der Waals surface area contributed by atoms with Gasteiger partial charge in [0, 0.05) is 12.0 Å². The molecule has 3 aromatic carbocycles. The number of ketones is 1. The van der Waals surface area contributed by atoms with Crippen LogP contribution in [0.5, 0.6) is 11.5 Å². The Bertz CT molecular complexity index is 1700. The number of amides is 1. The van der Waals surface area contributed by atoms with Gasteiger partial charge in [-0.3, -0.25) is 14.5 Å². The largest absolute Gasteiger partial charge is 0.507 e. The van der Waals surface area contributed by atoms with Crippen molar-refractivity contribution in [1.82, 2.24) is 4.98 Å². The fourth-order valence-corrected chi connectivity index (χ4v) is 6.33. The molecule has 0 aliphatic carbocycles. The molecular formula is C29H22Cl2N2O5S. The number of benzene rings is 3. The molecule has 0 saturated carbocycles. The first-order valence-electron chi connectivity index (χ1n) is 12.3. The number of ether oxygens (including phenoxy) is 2. The fraction of sp³-hybridized carbons (Fsp3) is 0.207. The SMILES string of the molecule is CCOc1ccc2nc(N3C(=O)C(=O)/C(=C(/O)c4ccc5c(c4)C[C@H](C)O5)[C@@H]3c3ccc(Cl)c(Cl)c3)sc2c1. The number of carbonyl (C=O) groups excluding carboxylic acids is 2. The van der Waals surface area contributed by atoms with Gasteiger partial charge in [0.15, 0.2) is 5.13 Å². The number of Topliss-reactive ketones (excluding diaryl/α,β-unsaturated/α-hetero) is 1. The molecule has 0 bridgehead atoms. The summed E-state index contributed by atoms with van der Waals surface area (Å²) in [5.41, 5.74) is 2.45. The molecule has 198 valence electrons. The molecule has 39 heavy (non-hydrogen) atoms. The third kappa shape index (κ3) is 4.42. The minimum atomic E-state index is -0.977. The molecule has 4 aromatic rings. The number of halogens is 2. The van der Waals surface area contributed by atoms with Crippen molar-refractivity contribution in [2.75, 3.05) is 11.5 Å². The Morgan fingerprint density at radius 2 is 1.95 bits per heavy atom. The van der Waals surface area contributed by atoms with Crippen molar-refractivity contribution >= 4 is 67.3 Å². The van der Waals surface area contributed by atoms with Gasteiger partial charge in [-0.1, -0.05) is 40.6 Å². The Morgan fingerprint density at radius 1 is 1.13 bits per heavy atom. The molecule has 2 aliphatic rings. The Morgan fingerprint density at radius 3 is 2.72 bits per heavy atom. The Kier molecular flexibility index (Phi) is 6.49. The number of aliphatic hydroxyl groups excluding tert-OH is 1. The zero-order chi connectivity index (χ0) is 27.4. The Balaban J connectivity index is 1.52. The van der Waals surface area contributed by atoms with Crippen molar-refractivity contribution in [1.29, 1.82) is 0 Å². The highest BCUT2D eigenvalue weighted by atomic mass is 35.5. The van der Waals surface area contributed by atoms with Crippen LogP contribution in [0.4, 0.5) is 5.13 Å². The van der Waals surface area contributed by atoms with Gasteiger partial charge in [0.05, 0.1) is 38.5 Å². The zero-order valence-corrected chi connectivity index (χ0v) is 23.2. The number of rotatable bonds is 5. The number of thiazole rings is 1. The van der Waals surface area contributed by atoms with E-state index in [2.05, 4.69) is 4.98 Å². The molecular weight excluding hydrogens is 559 g/mol. The van der Waals surface area contributed by atoms with Gasteiger partial charge in [-0.15, -0.1) is 0 Å². The lowest BCUT2D eigenvalue weighted by molar-refractivity contribution is -0.132. The summed E-state index contributed by atoms with van der Waals surface area (Å²) in [7, 11) is 0. The van der Waals surface area contributed by atoms with E-state index in [1.165, 1.54) is 16.2 Å². The lowest BCUT2D eigenvalue weighted by Gasteiger charge is -2.23. The Labute approximate surface area is 238 Å². The van der Waals surface area contributed by atoms with Crippen LogP contribution < -0.4 is 14.4 Å².